The van der Waals surface area contributed by atoms with E-state index in [9.17, 15) is 0 Å². The standard InChI is InChI=1S/C11H22O/c1-3-10-5-4-9(2)8-11(10)6-7-12/h9-12H,3-8H2,1-2H3. The van der Waals surface area contributed by atoms with Crippen LogP contribution in [0.15, 0.2) is 0 Å². The minimum atomic E-state index is 0.383. The second-order valence-corrected chi connectivity index (χ2v) is 4.36. The Morgan fingerprint density at radius 3 is 2.58 bits per heavy atom. The maximum atomic E-state index is 8.92. The molecule has 1 aliphatic carbocycles. The van der Waals surface area contributed by atoms with E-state index >= 15 is 0 Å². The Hall–Kier alpha value is -0.0400. The summed E-state index contributed by atoms with van der Waals surface area (Å²) >= 11 is 0. The molecule has 0 aliphatic heterocycles. The topological polar surface area (TPSA) is 20.2 Å². The zero-order chi connectivity index (χ0) is 8.97. The fourth-order valence-corrected chi connectivity index (χ4v) is 2.62. The minimum absolute atomic E-state index is 0.383. The first kappa shape index (κ1) is 10.0. The molecule has 1 N–H and O–H groups in total. The second kappa shape index (κ2) is 4.86. The van der Waals surface area contributed by atoms with Crippen molar-refractivity contribution in [3.63, 3.8) is 0 Å². The highest BCUT2D eigenvalue weighted by Gasteiger charge is 2.26. The molecule has 1 heteroatoms. The smallest absolute Gasteiger partial charge is 0.0433 e. The molecule has 1 fully saturated rings. The first-order valence-corrected chi connectivity index (χ1v) is 5.38. The van der Waals surface area contributed by atoms with Crippen LogP contribution >= 0.6 is 0 Å². The Bertz CT molecular complexity index is 122. The third-order valence-corrected chi connectivity index (χ3v) is 3.43. The quantitative estimate of drug-likeness (QED) is 0.690. The lowest BCUT2D eigenvalue weighted by molar-refractivity contribution is 0.143. The number of rotatable bonds is 3. The van der Waals surface area contributed by atoms with Crippen LogP contribution in [0.3, 0.4) is 0 Å². The summed E-state index contributed by atoms with van der Waals surface area (Å²) in [6.45, 7) is 5.01. The molecule has 0 radical (unpaired) electrons. The molecule has 0 aromatic heterocycles. The summed E-state index contributed by atoms with van der Waals surface area (Å²) in [4.78, 5) is 0. The minimum Gasteiger partial charge on any atom is -0.396 e. The van der Waals surface area contributed by atoms with Crippen molar-refractivity contribution >= 4 is 0 Å². The molecule has 3 atom stereocenters. The van der Waals surface area contributed by atoms with Crippen molar-refractivity contribution in [1.82, 2.24) is 0 Å². The molecule has 0 bridgehead atoms. The van der Waals surface area contributed by atoms with Gasteiger partial charge >= 0.3 is 0 Å². The summed E-state index contributed by atoms with van der Waals surface area (Å²) in [7, 11) is 0. The summed E-state index contributed by atoms with van der Waals surface area (Å²) < 4.78 is 0. The highest BCUT2D eigenvalue weighted by Crippen LogP contribution is 2.37. The van der Waals surface area contributed by atoms with E-state index in [0.717, 1.165) is 24.2 Å². The lowest BCUT2D eigenvalue weighted by Crippen LogP contribution is -2.24. The van der Waals surface area contributed by atoms with E-state index in [1.54, 1.807) is 0 Å². The molecule has 12 heavy (non-hydrogen) atoms. The first-order valence-electron chi connectivity index (χ1n) is 5.38. The summed E-state index contributed by atoms with van der Waals surface area (Å²) in [5.41, 5.74) is 0. The van der Waals surface area contributed by atoms with Crippen molar-refractivity contribution in [2.75, 3.05) is 6.61 Å². The summed E-state index contributed by atoms with van der Waals surface area (Å²) in [5, 5.41) is 8.92. The van der Waals surface area contributed by atoms with Crippen LogP contribution in [0.5, 0.6) is 0 Å². The van der Waals surface area contributed by atoms with Gasteiger partial charge in [0.25, 0.3) is 0 Å². The summed E-state index contributed by atoms with van der Waals surface area (Å²) in [6.07, 6.45) is 6.47. The van der Waals surface area contributed by atoms with Crippen LogP contribution in [0.4, 0.5) is 0 Å². The van der Waals surface area contributed by atoms with Gasteiger partial charge in [0, 0.05) is 6.61 Å². The zero-order valence-electron chi connectivity index (χ0n) is 8.42. The monoisotopic (exact) mass is 170 g/mol. The molecule has 0 spiro atoms. The van der Waals surface area contributed by atoms with Gasteiger partial charge in [0.05, 0.1) is 0 Å². The summed E-state index contributed by atoms with van der Waals surface area (Å²) in [6, 6.07) is 0. The van der Waals surface area contributed by atoms with Crippen molar-refractivity contribution in [1.29, 1.82) is 0 Å². The predicted molar refractivity (Wildman–Crippen MR) is 52.0 cm³/mol. The van der Waals surface area contributed by atoms with Gasteiger partial charge in [-0.3, -0.25) is 0 Å². The van der Waals surface area contributed by atoms with Gasteiger partial charge in [-0.15, -0.1) is 0 Å². The Morgan fingerprint density at radius 1 is 1.25 bits per heavy atom. The maximum Gasteiger partial charge on any atom is 0.0433 e. The number of hydrogen-bond acceptors (Lipinski definition) is 1. The molecular formula is C11H22O. The van der Waals surface area contributed by atoms with Gasteiger partial charge in [-0.05, 0) is 37.0 Å². The molecule has 1 rings (SSSR count). The molecule has 0 heterocycles. The van der Waals surface area contributed by atoms with Crippen LogP contribution in [0.25, 0.3) is 0 Å². The van der Waals surface area contributed by atoms with Crippen LogP contribution in [0, 0.1) is 17.8 Å². The molecule has 0 amide bonds. The van der Waals surface area contributed by atoms with Crippen molar-refractivity contribution in [2.45, 2.75) is 46.0 Å². The average molecular weight is 170 g/mol. The Kier molecular flexibility index (Phi) is 4.07. The number of aliphatic hydroxyl groups is 1. The van der Waals surface area contributed by atoms with Gasteiger partial charge in [0.1, 0.15) is 0 Å². The lowest BCUT2D eigenvalue weighted by Gasteiger charge is -2.34. The highest BCUT2D eigenvalue weighted by molar-refractivity contribution is 4.77. The van der Waals surface area contributed by atoms with E-state index in [1.165, 1.54) is 25.7 Å². The fourth-order valence-electron chi connectivity index (χ4n) is 2.62. The Labute approximate surface area is 76.2 Å². The van der Waals surface area contributed by atoms with Crippen LogP contribution in [0.1, 0.15) is 46.0 Å². The van der Waals surface area contributed by atoms with E-state index in [1.807, 2.05) is 0 Å². The molecule has 3 unspecified atom stereocenters. The zero-order valence-corrected chi connectivity index (χ0v) is 8.42. The lowest BCUT2D eigenvalue weighted by atomic mass is 9.72. The molecule has 1 aliphatic rings. The van der Waals surface area contributed by atoms with Crippen LogP contribution in [-0.4, -0.2) is 11.7 Å². The maximum absolute atomic E-state index is 8.92. The van der Waals surface area contributed by atoms with Gasteiger partial charge < -0.3 is 5.11 Å². The molecule has 1 nitrogen and oxygen atoms in total. The van der Waals surface area contributed by atoms with Gasteiger partial charge in [-0.2, -0.15) is 0 Å². The van der Waals surface area contributed by atoms with Crippen molar-refractivity contribution in [2.24, 2.45) is 17.8 Å². The van der Waals surface area contributed by atoms with E-state index < -0.39 is 0 Å². The molecular weight excluding hydrogens is 148 g/mol. The number of aliphatic hydroxyl groups excluding tert-OH is 1. The summed E-state index contributed by atoms with van der Waals surface area (Å²) in [5.74, 6) is 2.60. The van der Waals surface area contributed by atoms with E-state index in [-0.39, 0.29) is 0 Å². The average Bonchev–Trinajstić information content (AvgIpc) is 2.05. The van der Waals surface area contributed by atoms with E-state index in [4.69, 9.17) is 5.11 Å². The van der Waals surface area contributed by atoms with Gasteiger partial charge in [0.2, 0.25) is 0 Å². The highest BCUT2D eigenvalue weighted by atomic mass is 16.3. The third kappa shape index (κ3) is 2.48. The predicted octanol–water partition coefficient (Wildman–Crippen LogP) is 2.83. The largest absolute Gasteiger partial charge is 0.396 e. The first-order chi connectivity index (χ1) is 5.77. The SMILES string of the molecule is CCC1CCC(C)CC1CCO. The van der Waals surface area contributed by atoms with Crippen molar-refractivity contribution in [3.8, 4) is 0 Å². The van der Waals surface area contributed by atoms with Crippen LogP contribution in [0.2, 0.25) is 0 Å². The van der Waals surface area contributed by atoms with E-state index in [2.05, 4.69) is 13.8 Å². The Balaban J connectivity index is 2.40. The second-order valence-electron chi connectivity index (χ2n) is 4.36. The molecule has 0 aromatic carbocycles. The Morgan fingerprint density at radius 2 is 2.00 bits per heavy atom. The molecule has 0 aromatic rings. The van der Waals surface area contributed by atoms with Gasteiger partial charge in [-0.25, -0.2) is 0 Å². The van der Waals surface area contributed by atoms with Crippen LogP contribution < -0.4 is 0 Å². The third-order valence-electron chi connectivity index (χ3n) is 3.43. The van der Waals surface area contributed by atoms with Gasteiger partial charge in [-0.1, -0.05) is 26.7 Å². The molecule has 72 valence electrons. The molecule has 1 saturated carbocycles. The van der Waals surface area contributed by atoms with Gasteiger partial charge in [0.15, 0.2) is 0 Å². The van der Waals surface area contributed by atoms with Crippen LogP contribution in [-0.2, 0) is 0 Å². The fraction of sp³-hybridized carbons (Fsp3) is 1.00. The molecule has 0 saturated heterocycles. The number of hydrogen-bond donors (Lipinski definition) is 1. The van der Waals surface area contributed by atoms with Crippen molar-refractivity contribution in [3.05, 3.63) is 0 Å². The van der Waals surface area contributed by atoms with Crippen molar-refractivity contribution < 1.29 is 5.11 Å². The van der Waals surface area contributed by atoms with E-state index in [0.29, 0.717) is 6.61 Å². The normalized spacial score (nSPS) is 36.8.